The molecule has 1 aromatic heterocycles. The van der Waals surface area contributed by atoms with Crippen LogP contribution in [0, 0.1) is 17.8 Å². The van der Waals surface area contributed by atoms with Gasteiger partial charge < -0.3 is 19.9 Å². The molecule has 1 fully saturated rings. The predicted octanol–water partition coefficient (Wildman–Crippen LogP) is 5.11. The zero-order chi connectivity index (χ0) is 36.0. The van der Waals surface area contributed by atoms with Crippen molar-refractivity contribution in [1.82, 2.24) is 25.0 Å². The lowest BCUT2D eigenvalue weighted by Crippen LogP contribution is -2.50. The summed E-state index contributed by atoms with van der Waals surface area (Å²) in [6.07, 6.45) is 2.20. The Morgan fingerprint density at radius 3 is 2.49 bits per heavy atom. The van der Waals surface area contributed by atoms with Gasteiger partial charge in [0.05, 0.1) is 5.54 Å². The Morgan fingerprint density at radius 2 is 1.88 bits per heavy atom. The molecule has 11 nitrogen and oxygen atoms in total. The first kappa shape index (κ1) is 38.2. The summed E-state index contributed by atoms with van der Waals surface area (Å²) in [4.78, 5) is 75.9. The maximum Gasteiger partial charge on any atom is 0.303 e. The van der Waals surface area contributed by atoms with Gasteiger partial charge in [0, 0.05) is 69.4 Å². The number of benzene rings is 1. The van der Waals surface area contributed by atoms with Crippen molar-refractivity contribution in [2.45, 2.75) is 97.9 Å². The highest BCUT2D eigenvalue weighted by Crippen LogP contribution is 2.35. The maximum absolute atomic E-state index is 14.2. The number of aromatic nitrogens is 1. The standard InChI is InChI=1S/C37H53N5O6S/c1-9-24(4)28(19-32(44)37(6)15-12-17-40(37)7)35(46)41(8)30(23(2)3)20-31(48-25(5)43)34-39-29(22-49-34)33(45)38-16-18-42-21-26-13-10-11-14-27(26)36(42)47/h10-11,13-14,22-24,28,30-31H,9,12,15-21H2,1-8H3,(H,38,45)/t24-,28-,30+,31+,37+/m0/s1. The van der Waals surface area contributed by atoms with Crippen LogP contribution in [0.1, 0.15) is 111 Å². The van der Waals surface area contributed by atoms with Crippen LogP contribution in [0.4, 0.5) is 0 Å². The molecule has 2 aliphatic rings. The van der Waals surface area contributed by atoms with Crippen molar-refractivity contribution in [3.63, 3.8) is 0 Å². The minimum Gasteiger partial charge on any atom is -0.455 e. The predicted molar refractivity (Wildman–Crippen MR) is 189 cm³/mol. The number of nitrogens with zero attached hydrogens (tertiary/aromatic N) is 4. The van der Waals surface area contributed by atoms with E-state index in [1.807, 2.05) is 65.9 Å². The van der Waals surface area contributed by atoms with Crippen molar-refractivity contribution in [1.29, 1.82) is 0 Å². The first-order valence-electron chi connectivity index (χ1n) is 17.5. The Bertz CT molecular complexity index is 1530. The number of carbonyl (C=O) groups excluding carboxylic acids is 5. The van der Waals surface area contributed by atoms with E-state index >= 15 is 0 Å². The average Bonchev–Trinajstić information content (AvgIpc) is 3.78. The molecule has 0 unspecified atom stereocenters. The number of fused-ring (bicyclic) bond motifs is 1. The van der Waals surface area contributed by atoms with Gasteiger partial charge >= 0.3 is 5.97 Å². The van der Waals surface area contributed by atoms with E-state index in [0.717, 1.165) is 31.4 Å². The molecular formula is C37H53N5O6S. The van der Waals surface area contributed by atoms with Crippen LogP contribution in [-0.2, 0) is 25.7 Å². The fourth-order valence-corrected chi connectivity index (χ4v) is 7.88. The highest BCUT2D eigenvalue weighted by molar-refractivity contribution is 7.09. The van der Waals surface area contributed by atoms with Crippen LogP contribution >= 0.6 is 11.3 Å². The van der Waals surface area contributed by atoms with Gasteiger partial charge in [0.15, 0.2) is 11.9 Å². The van der Waals surface area contributed by atoms with Gasteiger partial charge in [-0.2, -0.15) is 0 Å². The van der Waals surface area contributed by atoms with Gasteiger partial charge in [-0.05, 0) is 56.8 Å². The van der Waals surface area contributed by atoms with Crippen LogP contribution in [0.2, 0.25) is 0 Å². The van der Waals surface area contributed by atoms with Gasteiger partial charge in [0.2, 0.25) is 5.91 Å². The second kappa shape index (κ2) is 16.4. The summed E-state index contributed by atoms with van der Waals surface area (Å²) in [7, 11) is 3.75. The lowest BCUT2D eigenvalue weighted by atomic mass is 9.80. The number of likely N-dealkylation sites (N-methyl/N-ethyl adjacent to an activating group) is 1. The second-order valence-electron chi connectivity index (χ2n) is 14.2. The number of hydrogen-bond donors (Lipinski definition) is 1. The fourth-order valence-electron chi connectivity index (χ4n) is 7.04. The zero-order valence-corrected chi connectivity index (χ0v) is 31.1. The topological polar surface area (TPSA) is 129 Å². The maximum atomic E-state index is 14.2. The molecule has 2 aromatic rings. The van der Waals surface area contributed by atoms with E-state index in [1.165, 1.54) is 18.3 Å². The van der Waals surface area contributed by atoms with Crippen molar-refractivity contribution in [2.24, 2.45) is 17.8 Å². The Kier molecular flexibility index (Phi) is 12.8. The number of amides is 3. The number of ketones is 1. The molecule has 0 aliphatic carbocycles. The quantitative estimate of drug-likeness (QED) is 0.240. The summed E-state index contributed by atoms with van der Waals surface area (Å²) in [5.41, 5.74) is 1.30. The number of Topliss-reactive ketones (excluding diaryl/α,β-unsaturated/α-hetero) is 1. The third-order valence-electron chi connectivity index (χ3n) is 10.6. The smallest absolute Gasteiger partial charge is 0.303 e. The van der Waals surface area contributed by atoms with Crippen LogP contribution in [-0.4, -0.2) is 94.5 Å². The molecule has 0 saturated carbocycles. The molecule has 0 radical (unpaired) electrons. The Morgan fingerprint density at radius 1 is 1.16 bits per heavy atom. The number of likely N-dealkylation sites (tertiary alicyclic amines) is 1. The number of ether oxygens (including phenoxy) is 1. The third kappa shape index (κ3) is 8.75. The molecule has 0 bridgehead atoms. The summed E-state index contributed by atoms with van der Waals surface area (Å²) in [5.74, 6) is -1.38. The molecule has 4 rings (SSSR count). The SMILES string of the molecule is CC[C@H](C)[C@H](CC(=O)[C@@]1(C)CCCN1C)C(=O)N(C)[C@H](C[C@@H](OC(C)=O)c1nc(C(=O)NCCN2Cc3ccccc3C2=O)cs1)C(C)C. The fraction of sp³-hybridized carbons (Fsp3) is 0.622. The number of esters is 1. The van der Waals surface area contributed by atoms with Crippen LogP contribution in [0.25, 0.3) is 0 Å². The molecule has 12 heteroatoms. The lowest BCUT2D eigenvalue weighted by Gasteiger charge is -2.38. The number of hydrogen-bond acceptors (Lipinski definition) is 9. The van der Waals surface area contributed by atoms with E-state index in [9.17, 15) is 24.0 Å². The van der Waals surface area contributed by atoms with Gasteiger partial charge in [-0.15, -0.1) is 11.3 Å². The van der Waals surface area contributed by atoms with Crippen molar-refractivity contribution in [2.75, 3.05) is 33.7 Å². The van der Waals surface area contributed by atoms with Gasteiger partial charge in [0.25, 0.3) is 11.8 Å². The molecule has 1 aromatic carbocycles. The van der Waals surface area contributed by atoms with E-state index in [2.05, 4.69) is 15.2 Å². The summed E-state index contributed by atoms with van der Waals surface area (Å²) in [6.45, 7) is 13.4. The van der Waals surface area contributed by atoms with Crippen molar-refractivity contribution < 1.29 is 28.7 Å². The molecule has 3 amide bonds. The Balaban J connectivity index is 1.43. The molecule has 0 spiro atoms. The normalized spacial score (nSPS) is 20.1. The second-order valence-corrected chi connectivity index (χ2v) is 15.1. The van der Waals surface area contributed by atoms with Crippen molar-refractivity contribution in [3.05, 3.63) is 51.5 Å². The average molecular weight is 696 g/mol. The monoisotopic (exact) mass is 695 g/mol. The zero-order valence-electron chi connectivity index (χ0n) is 30.3. The van der Waals surface area contributed by atoms with Crippen LogP contribution in [0.3, 0.4) is 0 Å². The minimum absolute atomic E-state index is 0.000873. The summed E-state index contributed by atoms with van der Waals surface area (Å²) < 4.78 is 5.75. The van der Waals surface area contributed by atoms with Crippen molar-refractivity contribution in [3.8, 4) is 0 Å². The molecular weight excluding hydrogens is 643 g/mol. The van der Waals surface area contributed by atoms with Crippen LogP contribution < -0.4 is 5.32 Å². The molecule has 49 heavy (non-hydrogen) atoms. The summed E-state index contributed by atoms with van der Waals surface area (Å²) >= 11 is 1.22. The van der Waals surface area contributed by atoms with E-state index in [-0.39, 0.29) is 66.5 Å². The largest absolute Gasteiger partial charge is 0.455 e. The van der Waals surface area contributed by atoms with Crippen molar-refractivity contribution >= 4 is 40.8 Å². The molecule has 5 atom stereocenters. The third-order valence-corrected chi connectivity index (χ3v) is 11.6. The van der Waals surface area contributed by atoms with Gasteiger partial charge in [-0.3, -0.25) is 28.9 Å². The van der Waals surface area contributed by atoms with Gasteiger partial charge in [-0.1, -0.05) is 52.3 Å². The Labute approximate surface area is 294 Å². The molecule has 2 aliphatic heterocycles. The molecule has 3 heterocycles. The summed E-state index contributed by atoms with van der Waals surface area (Å²) in [5, 5.41) is 4.94. The first-order valence-corrected chi connectivity index (χ1v) is 18.3. The van der Waals surface area contributed by atoms with Crippen LogP contribution in [0.15, 0.2) is 29.6 Å². The first-order chi connectivity index (χ1) is 23.2. The highest BCUT2D eigenvalue weighted by Gasteiger charge is 2.44. The number of rotatable bonds is 16. The van der Waals surface area contributed by atoms with E-state index < -0.39 is 23.5 Å². The van der Waals surface area contributed by atoms with E-state index in [1.54, 1.807) is 22.2 Å². The number of carbonyl (C=O) groups is 5. The molecule has 1 N–H and O–H groups in total. The number of nitrogens with one attached hydrogen (secondary N) is 1. The van der Waals surface area contributed by atoms with E-state index in [4.69, 9.17) is 4.74 Å². The van der Waals surface area contributed by atoms with Crippen LogP contribution in [0.5, 0.6) is 0 Å². The molecule has 268 valence electrons. The lowest BCUT2D eigenvalue weighted by molar-refractivity contribution is -0.149. The molecule has 1 saturated heterocycles. The summed E-state index contributed by atoms with van der Waals surface area (Å²) in [6, 6.07) is 7.16. The Hall–Kier alpha value is -3.64. The highest BCUT2D eigenvalue weighted by atomic mass is 32.1. The number of thiazole rings is 1. The van der Waals surface area contributed by atoms with E-state index in [0.29, 0.717) is 23.7 Å². The van der Waals surface area contributed by atoms with Gasteiger partial charge in [0.1, 0.15) is 10.7 Å². The van der Waals surface area contributed by atoms with Gasteiger partial charge in [-0.25, -0.2) is 4.98 Å². The minimum atomic E-state index is -0.776.